The van der Waals surface area contributed by atoms with Crippen molar-refractivity contribution in [1.29, 1.82) is 0 Å². The van der Waals surface area contributed by atoms with E-state index in [2.05, 4.69) is 10.1 Å². The highest BCUT2D eigenvalue weighted by atomic mass is 19.4. The van der Waals surface area contributed by atoms with Crippen LogP contribution in [0.25, 0.3) is 5.82 Å². The highest BCUT2D eigenvalue weighted by molar-refractivity contribution is 5.35. The van der Waals surface area contributed by atoms with E-state index in [4.69, 9.17) is 5.73 Å². The van der Waals surface area contributed by atoms with E-state index < -0.39 is 11.9 Å². The van der Waals surface area contributed by atoms with Crippen LogP contribution in [0.5, 0.6) is 0 Å². The molecule has 4 nitrogen and oxygen atoms in total. The Hall–Kier alpha value is -1.89. The molecule has 0 fully saturated rings. The molecule has 0 unspecified atom stereocenters. The predicted octanol–water partition coefficient (Wildman–Crippen LogP) is 2.10. The number of nitrogens with zero attached hydrogens (tertiary/aromatic N) is 3. The van der Waals surface area contributed by atoms with Gasteiger partial charge in [0.1, 0.15) is 0 Å². The van der Waals surface area contributed by atoms with Gasteiger partial charge in [-0.3, -0.25) is 0 Å². The second-order valence-electron chi connectivity index (χ2n) is 4.17. The third kappa shape index (κ3) is 2.93. The maximum absolute atomic E-state index is 12.5. The summed E-state index contributed by atoms with van der Waals surface area (Å²) in [7, 11) is 0. The summed E-state index contributed by atoms with van der Waals surface area (Å²) in [6, 6.07) is 2.78. The van der Waals surface area contributed by atoms with Crippen molar-refractivity contribution in [1.82, 2.24) is 14.8 Å². The van der Waals surface area contributed by atoms with Gasteiger partial charge in [-0.1, -0.05) is 6.07 Å². The van der Waals surface area contributed by atoms with E-state index >= 15 is 0 Å². The third-order valence-corrected chi connectivity index (χ3v) is 2.64. The van der Waals surface area contributed by atoms with Crippen molar-refractivity contribution in [3.63, 3.8) is 0 Å². The number of aromatic nitrogens is 3. The van der Waals surface area contributed by atoms with Crippen molar-refractivity contribution in [3.05, 3.63) is 41.3 Å². The molecule has 2 rings (SSSR count). The Balaban J connectivity index is 2.34. The molecule has 0 aliphatic carbocycles. The molecule has 2 heterocycles. The number of aryl methyl sites for hydroxylation is 1. The molecule has 0 spiro atoms. The Bertz CT molecular complexity index is 575. The molecular formula is C12H13F3N4. The average Bonchev–Trinajstić information content (AvgIpc) is 2.78. The van der Waals surface area contributed by atoms with Crippen LogP contribution < -0.4 is 5.73 Å². The number of halogens is 3. The van der Waals surface area contributed by atoms with Gasteiger partial charge in [0.15, 0.2) is 11.5 Å². The maximum atomic E-state index is 12.5. The van der Waals surface area contributed by atoms with Gasteiger partial charge in [0.25, 0.3) is 0 Å². The molecule has 7 heteroatoms. The van der Waals surface area contributed by atoms with Gasteiger partial charge < -0.3 is 5.73 Å². The highest BCUT2D eigenvalue weighted by Crippen LogP contribution is 2.28. The molecule has 2 aromatic rings. The van der Waals surface area contributed by atoms with Gasteiger partial charge in [-0.25, -0.2) is 9.67 Å². The van der Waals surface area contributed by atoms with E-state index in [0.29, 0.717) is 18.8 Å². The monoisotopic (exact) mass is 270 g/mol. The van der Waals surface area contributed by atoms with E-state index in [1.807, 2.05) is 6.07 Å². The third-order valence-electron chi connectivity index (χ3n) is 2.64. The SMILES string of the molecule is Cc1cc(CCN)cnc1-n1ccc(C(F)(F)F)n1. The smallest absolute Gasteiger partial charge is 0.330 e. The highest BCUT2D eigenvalue weighted by Gasteiger charge is 2.33. The van der Waals surface area contributed by atoms with E-state index in [0.717, 1.165) is 21.9 Å². The minimum atomic E-state index is -4.45. The van der Waals surface area contributed by atoms with Crippen LogP contribution in [-0.2, 0) is 12.6 Å². The van der Waals surface area contributed by atoms with Crippen molar-refractivity contribution in [2.75, 3.05) is 6.54 Å². The normalized spacial score (nSPS) is 11.8. The largest absolute Gasteiger partial charge is 0.435 e. The fraction of sp³-hybridized carbons (Fsp3) is 0.333. The van der Waals surface area contributed by atoms with Gasteiger partial charge in [0.2, 0.25) is 0 Å². The first kappa shape index (κ1) is 13.5. The quantitative estimate of drug-likeness (QED) is 0.929. The predicted molar refractivity (Wildman–Crippen MR) is 63.9 cm³/mol. The maximum Gasteiger partial charge on any atom is 0.435 e. The topological polar surface area (TPSA) is 56.7 Å². The molecule has 0 aromatic carbocycles. The van der Waals surface area contributed by atoms with Crippen molar-refractivity contribution in [2.24, 2.45) is 5.73 Å². The van der Waals surface area contributed by atoms with Crippen LogP contribution in [0.4, 0.5) is 13.2 Å². The first-order valence-corrected chi connectivity index (χ1v) is 5.70. The molecule has 0 aliphatic rings. The van der Waals surface area contributed by atoms with Crippen LogP contribution in [0.15, 0.2) is 24.5 Å². The van der Waals surface area contributed by atoms with E-state index in [9.17, 15) is 13.2 Å². The minimum absolute atomic E-state index is 0.385. The molecule has 19 heavy (non-hydrogen) atoms. The van der Waals surface area contributed by atoms with Crippen LogP contribution in [0.2, 0.25) is 0 Å². The van der Waals surface area contributed by atoms with Gasteiger partial charge in [-0.2, -0.15) is 18.3 Å². The molecule has 0 saturated carbocycles. The van der Waals surface area contributed by atoms with Gasteiger partial charge in [-0.15, -0.1) is 0 Å². The number of alkyl halides is 3. The van der Waals surface area contributed by atoms with Gasteiger partial charge in [-0.05, 0) is 37.1 Å². The minimum Gasteiger partial charge on any atom is -0.330 e. The van der Waals surface area contributed by atoms with Crippen molar-refractivity contribution < 1.29 is 13.2 Å². The summed E-state index contributed by atoms with van der Waals surface area (Å²) >= 11 is 0. The van der Waals surface area contributed by atoms with Crippen LogP contribution in [0, 0.1) is 6.92 Å². The second-order valence-corrected chi connectivity index (χ2v) is 4.17. The molecule has 2 aromatic heterocycles. The summed E-state index contributed by atoms with van der Waals surface area (Å²) in [4.78, 5) is 4.14. The van der Waals surface area contributed by atoms with Crippen molar-refractivity contribution >= 4 is 0 Å². The van der Waals surface area contributed by atoms with Crippen LogP contribution in [0.1, 0.15) is 16.8 Å². The number of rotatable bonds is 3. The molecule has 0 bridgehead atoms. The molecule has 0 amide bonds. The Morgan fingerprint density at radius 3 is 2.63 bits per heavy atom. The fourth-order valence-corrected chi connectivity index (χ4v) is 1.76. The Kier molecular flexibility index (Phi) is 3.57. The number of hydrogen-bond donors (Lipinski definition) is 1. The lowest BCUT2D eigenvalue weighted by Crippen LogP contribution is -2.09. The first-order chi connectivity index (χ1) is 8.91. The standard InChI is InChI=1S/C12H13F3N4/c1-8-6-9(2-4-16)7-17-11(8)19-5-3-10(18-19)12(13,14)15/h3,5-7H,2,4,16H2,1H3. The Morgan fingerprint density at radius 1 is 1.37 bits per heavy atom. The molecule has 102 valence electrons. The lowest BCUT2D eigenvalue weighted by molar-refractivity contribution is -0.141. The Morgan fingerprint density at radius 2 is 2.11 bits per heavy atom. The van der Waals surface area contributed by atoms with Crippen molar-refractivity contribution in [2.45, 2.75) is 19.5 Å². The summed E-state index contributed by atoms with van der Waals surface area (Å²) in [5, 5.41) is 3.49. The van der Waals surface area contributed by atoms with E-state index in [1.165, 1.54) is 6.20 Å². The zero-order valence-electron chi connectivity index (χ0n) is 10.3. The lowest BCUT2D eigenvalue weighted by atomic mass is 10.1. The van der Waals surface area contributed by atoms with Crippen LogP contribution >= 0.6 is 0 Å². The summed E-state index contributed by atoms with van der Waals surface area (Å²) in [6.07, 6.45) is -0.912. The summed E-state index contributed by atoms with van der Waals surface area (Å²) in [5.41, 5.74) is 6.21. The van der Waals surface area contributed by atoms with E-state index in [1.54, 1.807) is 13.1 Å². The zero-order valence-corrected chi connectivity index (χ0v) is 10.3. The summed E-state index contributed by atoms with van der Waals surface area (Å²) < 4.78 is 38.5. The van der Waals surface area contributed by atoms with Crippen molar-refractivity contribution in [3.8, 4) is 5.82 Å². The number of pyridine rings is 1. The van der Waals surface area contributed by atoms with Gasteiger partial charge in [0, 0.05) is 12.4 Å². The summed E-state index contributed by atoms with van der Waals surface area (Å²) in [5.74, 6) is 0.385. The fourth-order valence-electron chi connectivity index (χ4n) is 1.76. The molecule has 0 atom stereocenters. The number of hydrogen-bond acceptors (Lipinski definition) is 3. The zero-order chi connectivity index (χ0) is 14.0. The molecular weight excluding hydrogens is 257 g/mol. The van der Waals surface area contributed by atoms with Crippen LogP contribution in [-0.4, -0.2) is 21.3 Å². The lowest BCUT2D eigenvalue weighted by Gasteiger charge is -2.07. The molecule has 0 saturated heterocycles. The molecule has 2 N–H and O–H groups in total. The second kappa shape index (κ2) is 5.00. The van der Waals surface area contributed by atoms with Gasteiger partial charge in [0.05, 0.1) is 0 Å². The average molecular weight is 270 g/mol. The van der Waals surface area contributed by atoms with Crippen LogP contribution in [0.3, 0.4) is 0 Å². The first-order valence-electron chi connectivity index (χ1n) is 5.70. The van der Waals surface area contributed by atoms with E-state index in [-0.39, 0.29) is 0 Å². The Labute approximate surface area is 108 Å². The summed E-state index contributed by atoms with van der Waals surface area (Å²) in [6.45, 7) is 2.28. The molecule has 0 radical (unpaired) electrons. The van der Waals surface area contributed by atoms with Gasteiger partial charge >= 0.3 is 6.18 Å². The number of nitrogens with two attached hydrogens (primary N) is 1. The molecule has 0 aliphatic heterocycles.